The topological polar surface area (TPSA) is 69.6 Å². The predicted octanol–water partition coefficient (Wildman–Crippen LogP) is 2.33. The Labute approximate surface area is 105 Å². The maximum atomic E-state index is 5.93. The number of hydrogen-bond acceptors (Lipinski definition) is 4. The van der Waals surface area contributed by atoms with E-state index in [1.807, 2.05) is 26.8 Å². The summed E-state index contributed by atoms with van der Waals surface area (Å²) in [5, 5.41) is 12.3. The second kappa shape index (κ2) is 4.00. The van der Waals surface area contributed by atoms with Gasteiger partial charge in [-0.15, -0.1) is 5.10 Å². The van der Waals surface area contributed by atoms with Crippen molar-refractivity contribution in [3.8, 4) is 11.4 Å². The van der Waals surface area contributed by atoms with E-state index in [9.17, 15) is 0 Å². The lowest BCUT2D eigenvalue weighted by atomic mass is 10.1. The van der Waals surface area contributed by atoms with Gasteiger partial charge in [-0.1, -0.05) is 11.6 Å². The van der Waals surface area contributed by atoms with Crippen LogP contribution in [0.4, 0.5) is 5.69 Å². The molecule has 0 fully saturated rings. The van der Waals surface area contributed by atoms with Gasteiger partial charge in [-0.05, 0) is 49.4 Å². The van der Waals surface area contributed by atoms with Gasteiger partial charge in [0.1, 0.15) is 0 Å². The van der Waals surface area contributed by atoms with Crippen LogP contribution in [0.15, 0.2) is 18.2 Å². The molecule has 2 aromatic rings. The molecule has 0 saturated carbocycles. The number of nitrogen functional groups attached to an aromatic ring is 1. The molecule has 0 amide bonds. The molecule has 2 rings (SSSR count). The number of nitrogens with two attached hydrogens (primary N) is 1. The van der Waals surface area contributed by atoms with E-state index in [-0.39, 0.29) is 5.54 Å². The third kappa shape index (κ3) is 2.24. The van der Waals surface area contributed by atoms with E-state index in [0.29, 0.717) is 16.5 Å². The number of hydrogen-bond donors (Lipinski definition) is 1. The molecule has 17 heavy (non-hydrogen) atoms. The predicted molar refractivity (Wildman–Crippen MR) is 67.7 cm³/mol. The molecule has 90 valence electrons. The molecule has 0 radical (unpaired) electrons. The fraction of sp³-hybridized carbons (Fsp3) is 0.364. The minimum atomic E-state index is -0.203. The molecule has 0 bridgehead atoms. The monoisotopic (exact) mass is 251 g/mol. The fourth-order valence-electron chi connectivity index (χ4n) is 1.54. The van der Waals surface area contributed by atoms with Gasteiger partial charge < -0.3 is 5.73 Å². The number of aromatic nitrogens is 4. The Morgan fingerprint density at radius 3 is 2.59 bits per heavy atom. The molecule has 0 atom stereocenters. The molecule has 0 spiro atoms. The van der Waals surface area contributed by atoms with Crippen molar-refractivity contribution in [1.82, 2.24) is 20.2 Å². The van der Waals surface area contributed by atoms with Gasteiger partial charge in [-0.3, -0.25) is 0 Å². The summed E-state index contributed by atoms with van der Waals surface area (Å²) < 4.78 is 1.74. The Kier molecular flexibility index (Phi) is 2.79. The van der Waals surface area contributed by atoms with Gasteiger partial charge in [0.15, 0.2) is 5.82 Å². The zero-order chi connectivity index (χ0) is 12.6. The van der Waals surface area contributed by atoms with Crippen molar-refractivity contribution in [2.75, 3.05) is 5.73 Å². The lowest BCUT2D eigenvalue weighted by Gasteiger charge is -2.20. The van der Waals surface area contributed by atoms with Gasteiger partial charge in [-0.2, -0.15) is 0 Å². The third-order valence-electron chi connectivity index (χ3n) is 2.36. The van der Waals surface area contributed by atoms with Gasteiger partial charge in [0.05, 0.1) is 5.54 Å². The van der Waals surface area contributed by atoms with E-state index in [0.717, 1.165) is 5.56 Å². The van der Waals surface area contributed by atoms with Crippen LogP contribution in [0.5, 0.6) is 0 Å². The molecule has 5 nitrogen and oxygen atoms in total. The van der Waals surface area contributed by atoms with Gasteiger partial charge in [0, 0.05) is 16.3 Å². The van der Waals surface area contributed by atoms with Crippen molar-refractivity contribution in [3.05, 3.63) is 23.2 Å². The minimum Gasteiger partial charge on any atom is -0.398 e. The molecule has 1 aromatic heterocycles. The Morgan fingerprint density at radius 2 is 2.00 bits per heavy atom. The van der Waals surface area contributed by atoms with Crippen LogP contribution in [0, 0.1) is 0 Å². The fourth-order valence-corrected chi connectivity index (χ4v) is 1.72. The number of benzene rings is 1. The molecule has 0 aliphatic heterocycles. The van der Waals surface area contributed by atoms with Crippen molar-refractivity contribution in [3.63, 3.8) is 0 Å². The largest absolute Gasteiger partial charge is 0.398 e. The molecule has 0 aliphatic carbocycles. The summed E-state index contributed by atoms with van der Waals surface area (Å²) >= 11 is 5.87. The van der Waals surface area contributed by atoms with Crippen molar-refractivity contribution < 1.29 is 0 Å². The SMILES string of the molecule is CC(C)(C)n1nnnc1-c1ccc(Cl)cc1N. The maximum absolute atomic E-state index is 5.93. The molecule has 0 unspecified atom stereocenters. The third-order valence-corrected chi connectivity index (χ3v) is 2.59. The van der Waals surface area contributed by atoms with E-state index in [1.54, 1.807) is 16.8 Å². The van der Waals surface area contributed by atoms with Gasteiger partial charge in [0.25, 0.3) is 0 Å². The standard InChI is InChI=1S/C11H14ClN5/c1-11(2,3)17-10(14-15-16-17)8-5-4-7(12)6-9(8)13/h4-6H,13H2,1-3H3. The van der Waals surface area contributed by atoms with Crippen LogP contribution in [-0.2, 0) is 5.54 Å². The molecule has 6 heteroatoms. The van der Waals surface area contributed by atoms with Crippen LogP contribution in [0.1, 0.15) is 20.8 Å². The summed E-state index contributed by atoms with van der Waals surface area (Å²) in [5.74, 6) is 0.645. The first-order chi connectivity index (χ1) is 7.89. The number of halogens is 1. The number of anilines is 1. The van der Waals surface area contributed by atoms with Crippen molar-refractivity contribution >= 4 is 17.3 Å². The Morgan fingerprint density at radius 1 is 1.29 bits per heavy atom. The average Bonchev–Trinajstić information content (AvgIpc) is 2.65. The summed E-state index contributed by atoms with van der Waals surface area (Å²) in [7, 11) is 0. The summed E-state index contributed by atoms with van der Waals surface area (Å²) in [6, 6.07) is 5.29. The second-order valence-electron chi connectivity index (χ2n) is 4.82. The maximum Gasteiger partial charge on any atom is 0.184 e. The quantitative estimate of drug-likeness (QED) is 0.790. The average molecular weight is 252 g/mol. The zero-order valence-corrected chi connectivity index (χ0v) is 10.7. The van der Waals surface area contributed by atoms with Crippen LogP contribution in [0.3, 0.4) is 0 Å². The first-order valence-corrected chi connectivity index (χ1v) is 5.61. The smallest absolute Gasteiger partial charge is 0.184 e. The van der Waals surface area contributed by atoms with E-state index in [4.69, 9.17) is 17.3 Å². The Hall–Kier alpha value is -1.62. The molecular weight excluding hydrogens is 238 g/mol. The van der Waals surface area contributed by atoms with Crippen molar-refractivity contribution in [1.29, 1.82) is 0 Å². The number of nitrogens with zero attached hydrogens (tertiary/aromatic N) is 4. The Bertz CT molecular complexity index is 541. The minimum absolute atomic E-state index is 0.203. The normalized spacial score (nSPS) is 11.8. The first-order valence-electron chi connectivity index (χ1n) is 5.24. The summed E-state index contributed by atoms with van der Waals surface area (Å²) in [4.78, 5) is 0. The molecule has 0 aliphatic rings. The highest BCUT2D eigenvalue weighted by Gasteiger charge is 2.21. The molecule has 1 heterocycles. The summed E-state index contributed by atoms with van der Waals surface area (Å²) in [5.41, 5.74) is 7.08. The van der Waals surface area contributed by atoms with Gasteiger partial charge in [0.2, 0.25) is 0 Å². The molecular formula is C11H14ClN5. The highest BCUT2D eigenvalue weighted by Crippen LogP contribution is 2.28. The summed E-state index contributed by atoms with van der Waals surface area (Å²) in [6.07, 6.45) is 0. The van der Waals surface area contributed by atoms with Crippen LogP contribution >= 0.6 is 11.6 Å². The van der Waals surface area contributed by atoms with Crippen LogP contribution in [0.2, 0.25) is 5.02 Å². The number of tetrazole rings is 1. The highest BCUT2D eigenvalue weighted by atomic mass is 35.5. The second-order valence-corrected chi connectivity index (χ2v) is 5.25. The highest BCUT2D eigenvalue weighted by molar-refractivity contribution is 6.31. The molecule has 0 saturated heterocycles. The number of rotatable bonds is 1. The Balaban J connectivity index is 2.58. The van der Waals surface area contributed by atoms with Gasteiger partial charge in [-0.25, -0.2) is 4.68 Å². The van der Waals surface area contributed by atoms with Gasteiger partial charge >= 0.3 is 0 Å². The lowest BCUT2D eigenvalue weighted by molar-refractivity contribution is 0.351. The lowest BCUT2D eigenvalue weighted by Crippen LogP contribution is -2.24. The molecule has 1 aromatic carbocycles. The first kappa shape index (κ1) is 11.9. The van der Waals surface area contributed by atoms with E-state index < -0.39 is 0 Å². The van der Waals surface area contributed by atoms with Crippen molar-refractivity contribution in [2.24, 2.45) is 0 Å². The van der Waals surface area contributed by atoms with Crippen LogP contribution in [0.25, 0.3) is 11.4 Å². The molecule has 2 N–H and O–H groups in total. The van der Waals surface area contributed by atoms with Crippen molar-refractivity contribution in [2.45, 2.75) is 26.3 Å². The van der Waals surface area contributed by atoms with E-state index in [2.05, 4.69) is 15.5 Å². The van der Waals surface area contributed by atoms with E-state index in [1.165, 1.54) is 0 Å². The summed E-state index contributed by atoms with van der Waals surface area (Å²) in [6.45, 7) is 6.08. The van der Waals surface area contributed by atoms with E-state index >= 15 is 0 Å². The van der Waals surface area contributed by atoms with Crippen LogP contribution in [-0.4, -0.2) is 20.2 Å². The zero-order valence-electron chi connectivity index (χ0n) is 9.98. The van der Waals surface area contributed by atoms with Crippen LogP contribution < -0.4 is 5.73 Å².